The topological polar surface area (TPSA) is 92.4 Å². The Bertz CT molecular complexity index is 619. The van der Waals surface area contributed by atoms with E-state index in [1.807, 2.05) is 6.92 Å². The molecule has 98 valence electrons. The highest BCUT2D eigenvalue weighted by molar-refractivity contribution is 6.05. The maximum absolute atomic E-state index is 12.0. The molecule has 0 saturated carbocycles. The Morgan fingerprint density at radius 1 is 1.42 bits per heavy atom. The standard InChI is InChI=1S/C13H12N2O4/c1-8-2-4-14-7-10(8)15-13(18)9-3-5-19-11(9)6-12(16)17/h2-5,7H,6H2,1H3,(H,15,18)(H,16,17). The molecule has 0 bridgehead atoms. The third-order valence-corrected chi connectivity index (χ3v) is 2.59. The SMILES string of the molecule is Cc1ccncc1NC(=O)c1ccoc1CC(=O)O. The van der Waals surface area contributed by atoms with Crippen molar-refractivity contribution in [3.05, 3.63) is 47.7 Å². The number of carboxylic acids is 1. The normalized spacial score (nSPS) is 10.2. The molecule has 19 heavy (non-hydrogen) atoms. The van der Waals surface area contributed by atoms with Gasteiger partial charge in [0.25, 0.3) is 5.91 Å². The van der Waals surface area contributed by atoms with Crippen LogP contribution in [0.1, 0.15) is 21.7 Å². The lowest BCUT2D eigenvalue weighted by Crippen LogP contribution is -2.15. The van der Waals surface area contributed by atoms with Gasteiger partial charge < -0.3 is 14.8 Å². The Morgan fingerprint density at radius 3 is 2.89 bits per heavy atom. The van der Waals surface area contributed by atoms with Gasteiger partial charge in [-0.2, -0.15) is 0 Å². The van der Waals surface area contributed by atoms with Crippen molar-refractivity contribution >= 4 is 17.6 Å². The van der Waals surface area contributed by atoms with Crippen LogP contribution < -0.4 is 5.32 Å². The summed E-state index contributed by atoms with van der Waals surface area (Å²) < 4.78 is 5.01. The van der Waals surface area contributed by atoms with Crippen LogP contribution in [0.2, 0.25) is 0 Å². The van der Waals surface area contributed by atoms with Crippen molar-refractivity contribution in [1.29, 1.82) is 0 Å². The molecule has 0 aliphatic carbocycles. The van der Waals surface area contributed by atoms with Gasteiger partial charge in [0.05, 0.1) is 23.7 Å². The number of carbonyl (C=O) groups is 2. The number of anilines is 1. The van der Waals surface area contributed by atoms with Crippen LogP contribution in [0.5, 0.6) is 0 Å². The first-order valence-corrected chi connectivity index (χ1v) is 5.58. The summed E-state index contributed by atoms with van der Waals surface area (Å²) in [5, 5.41) is 11.4. The first kappa shape index (κ1) is 12.8. The Labute approximate surface area is 109 Å². The van der Waals surface area contributed by atoms with Crippen LogP contribution in [0.15, 0.2) is 35.2 Å². The van der Waals surface area contributed by atoms with E-state index < -0.39 is 11.9 Å². The van der Waals surface area contributed by atoms with Crippen molar-refractivity contribution in [3.8, 4) is 0 Å². The Hall–Kier alpha value is -2.63. The molecule has 0 aliphatic heterocycles. The van der Waals surface area contributed by atoms with Gasteiger partial charge in [0.1, 0.15) is 12.2 Å². The van der Waals surface area contributed by atoms with E-state index in [2.05, 4.69) is 10.3 Å². The minimum atomic E-state index is -1.05. The summed E-state index contributed by atoms with van der Waals surface area (Å²) in [5.41, 5.74) is 1.66. The highest BCUT2D eigenvalue weighted by Crippen LogP contribution is 2.16. The number of hydrogen-bond acceptors (Lipinski definition) is 4. The third kappa shape index (κ3) is 2.98. The highest BCUT2D eigenvalue weighted by Gasteiger charge is 2.17. The number of furan rings is 1. The minimum Gasteiger partial charge on any atom is -0.481 e. The zero-order chi connectivity index (χ0) is 13.8. The molecule has 2 rings (SSSR count). The molecule has 0 aromatic carbocycles. The molecule has 2 heterocycles. The average Bonchev–Trinajstić information content (AvgIpc) is 2.79. The molecule has 0 radical (unpaired) electrons. The summed E-state index contributed by atoms with van der Waals surface area (Å²) in [6.07, 6.45) is 4.12. The van der Waals surface area contributed by atoms with Crippen molar-refractivity contribution in [1.82, 2.24) is 4.98 Å². The van der Waals surface area contributed by atoms with E-state index in [1.54, 1.807) is 12.3 Å². The lowest BCUT2D eigenvalue weighted by Gasteiger charge is -2.06. The van der Waals surface area contributed by atoms with Crippen LogP contribution in [0.3, 0.4) is 0 Å². The van der Waals surface area contributed by atoms with E-state index in [9.17, 15) is 9.59 Å². The lowest BCUT2D eigenvalue weighted by molar-refractivity contribution is -0.136. The van der Waals surface area contributed by atoms with E-state index in [0.717, 1.165) is 5.56 Å². The number of nitrogens with one attached hydrogen (secondary N) is 1. The van der Waals surface area contributed by atoms with Crippen LogP contribution in [0.4, 0.5) is 5.69 Å². The van der Waals surface area contributed by atoms with Crippen molar-refractivity contribution in [2.75, 3.05) is 5.32 Å². The smallest absolute Gasteiger partial charge is 0.311 e. The first-order valence-electron chi connectivity index (χ1n) is 5.58. The number of aliphatic carboxylic acids is 1. The first-order chi connectivity index (χ1) is 9.08. The Balaban J connectivity index is 2.19. The summed E-state index contributed by atoms with van der Waals surface area (Å²) in [4.78, 5) is 26.6. The van der Waals surface area contributed by atoms with Crippen LogP contribution in [0, 0.1) is 6.92 Å². The number of rotatable bonds is 4. The molecule has 6 nitrogen and oxygen atoms in total. The second-order valence-electron chi connectivity index (χ2n) is 3.97. The van der Waals surface area contributed by atoms with Crippen LogP contribution in [-0.2, 0) is 11.2 Å². The molecule has 0 spiro atoms. The number of nitrogens with zero attached hydrogens (tertiary/aromatic N) is 1. The molecule has 2 N–H and O–H groups in total. The summed E-state index contributed by atoms with van der Waals surface area (Å²) in [6.45, 7) is 1.84. The van der Waals surface area contributed by atoms with Gasteiger partial charge in [-0.15, -0.1) is 0 Å². The van der Waals surface area contributed by atoms with Gasteiger partial charge in [0.2, 0.25) is 0 Å². The fraction of sp³-hybridized carbons (Fsp3) is 0.154. The van der Waals surface area contributed by atoms with Crippen molar-refractivity contribution in [3.63, 3.8) is 0 Å². The highest BCUT2D eigenvalue weighted by atomic mass is 16.4. The number of carboxylic acid groups (broad SMARTS) is 1. The Kier molecular flexibility index (Phi) is 3.61. The number of aryl methyl sites for hydroxylation is 1. The predicted molar refractivity (Wildman–Crippen MR) is 67.0 cm³/mol. The van der Waals surface area contributed by atoms with Crippen LogP contribution in [0.25, 0.3) is 0 Å². The minimum absolute atomic E-state index is 0.131. The molecule has 2 aromatic heterocycles. The van der Waals surface area contributed by atoms with Gasteiger partial charge in [-0.05, 0) is 24.6 Å². The monoisotopic (exact) mass is 260 g/mol. The summed E-state index contributed by atoms with van der Waals surface area (Å²) in [6, 6.07) is 3.21. The zero-order valence-electron chi connectivity index (χ0n) is 10.2. The van der Waals surface area contributed by atoms with E-state index in [1.165, 1.54) is 18.5 Å². The number of carbonyl (C=O) groups excluding carboxylic acids is 1. The maximum atomic E-state index is 12.0. The van der Waals surface area contributed by atoms with Crippen LogP contribution in [-0.4, -0.2) is 22.0 Å². The molecule has 0 fully saturated rings. The van der Waals surface area contributed by atoms with Gasteiger partial charge in [0.15, 0.2) is 0 Å². The molecule has 0 unspecified atom stereocenters. The van der Waals surface area contributed by atoms with Crippen molar-refractivity contribution in [2.45, 2.75) is 13.3 Å². The van der Waals surface area contributed by atoms with Gasteiger partial charge in [-0.3, -0.25) is 14.6 Å². The second-order valence-corrected chi connectivity index (χ2v) is 3.97. The molecule has 2 aromatic rings. The maximum Gasteiger partial charge on any atom is 0.311 e. The van der Waals surface area contributed by atoms with Crippen LogP contribution >= 0.6 is 0 Å². The zero-order valence-corrected chi connectivity index (χ0v) is 10.2. The average molecular weight is 260 g/mol. The van der Waals surface area contributed by atoms with E-state index in [4.69, 9.17) is 9.52 Å². The fourth-order valence-corrected chi connectivity index (χ4v) is 1.60. The summed E-state index contributed by atoms with van der Waals surface area (Å²) in [7, 11) is 0. The van der Waals surface area contributed by atoms with E-state index in [0.29, 0.717) is 5.69 Å². The summed E-state index contributed by atoms with van der Waals surface area (Å²) >= 11 is 0. The molecular weight excluding hydrogens is 248 g/mol. The molecule has 6 heteroatoms. The van der Waals surface area contributed by atoms with Gasteiger partial charge in [-0.1, -0.05) is 0 Å². The van der Waals surface area contributed by atoms with Gasteiger partial charge >= 0.3 is 5.97 Å². The predicted octanol–water partition coefficient (Wildman–Crippen LogP) is 1.86. The summed E-state index contributed by atoms with van der Waals surface area (Å²) in [5.74, 6) is -1.34. The van der Waals surface area contributed by atoms with Gasteiger partial charge in [-0.25, -0.2) is 0 Å². The quantitative estimate of drug-likeness (QED) is 0.875. The lowest BCUT2D eigenvalue weighted by atomic mass is 10.2. The fourth-order valence-electron chi connectivity index (χ4n) is 1.60. The van der Waals surface area contributed by atoms with Gasteiger partial charge in [0, 0.05) is 6.20 Å². The van der Waals surface area contributed by atoms with Crippen molar-refractivity contribution < 1.29 is 19.1 Å². The molecule has 0 saturated heterocycles. The third-order valence-electron chi connectivity index (χ3n) is 2.59. The van der Waals surface area contributed by atoms with Crippen molar-refractivity contribution in [2.24, 2.45) is 0 Å². The second kappa shape index (κ2) is 5.34. The number of amides is 1. The van der Waals surface area contributed by atoms with E-state index >= 15 is 0 Å². The number of pyridine rings is 1. The van der Waals surface area contributed by atoms with E-state index in [-0.39, 0.29) is 17.7 Å². The molecule has 1 amide bonds. The molecule has 0 aliphatic rings. The molecular formula is C13H12N2O4. The Morgan fingerprint density at radius 2 is 2.21 bits per heavy atom. The largest absolute Gasteiger partial charge is 0.481 e. The number of aromatic nitrogens is 1. The number of hydrogen-bond donors (Lipinski definition) is 2. The molecule has 0 atom stereocenters.